The van der Waals surface area contributed by atoms with Gasteiger partial charge in [-0.3, -0.25) is 0 Å². The summed E-state index contributed by atoms with van der Waals surface area (Å²) in [5, 5.41) is 0.301. The maximum absolute atomic E-state index is 5.39. The van der Waals surface area contributed by atoms with Crippen LogP contribution < -0.4 is 0 Å². The molecule has 0 rings (SSSR count). The van der Waals surface area contributed by atoms with Crippen LogP contribution in [-0.2, 0) is 0 Å². The number of rotatable bonds is 2. The van der Waals surface area contributed by atoms with Gasteiger partial charge in [0.05, 0.1) is 0 Å². The molecule has 0 aliphatic heterocycles. The monoisotopic (exact) mass is 173 g/mol. The first-order valence-electron chi connectivity index (χ1n) is 3.59. The molecule has 0 amide bonds. The predicted molar refractivity (Wildman–Crippen MR) is 54.3 cm³/mol. The van der Waals surface area contributed by atoms with Gasteiger partial charge in [0.25, 0.3) is 0 Å². The summed E-state index contributed by atoms with van der Waals surface area (Å²) in [6.45, 7) is 14.8. The molecule has 0 saturated carbocycles. The summed E-state index contributed by atoms with van der Waals surface area (Å²) < 4.78 is 0. The Morgan fingerprint density at radius 3 is 1.64 bits per heavy atom. The van der Waals surface area contributed by atoms with Gasteiger partial charge in [0, 0.05) is 5.71 Å². The molecule has 11 heavy (non-hydrogen) atoms. The van der Waals surface area contributed by atoms with Gasteiger partial charge in [0.2, 0.25) is 0 Å². The van der Waals surface area contributed by atoms with Crippen molar-refractivity contribution in [1.29, 1.82) is 0 Å². The molecule has 0 heterocycles. The molecule has 0 N–H and O–H groups in total. The second-order valence-electron chi connectivity index (χ2n) is 1.85. The smallest absolute Gasteiger partial charge is 0.122 e. The van der Waals surface area contributed by atoms with Crippen LogP contribution in [0.5, 0.6) is 0 Å². The zero-order valence-corrected chi connectivity index (χ0v) is 8.50. The van der Waals surface area contributed by atoms with Gasteiger partial charge in [-0.05, 0) is 19.4 Å². The van der Waals surface area contributed by atoms with Crippen molar-refractivity contribution in [3.05, 3.63) is 23.9 Å². The number of allylic oxidation sites excluding steroid dienone is 1. The van der Waals surface area contributed by atoms with Crippen molar-refractivity contribution < 1.29 is 0 Å². The van der Waals surface area contributed by atoms with E-state index in [2.05, 4.69) is 18.2 Å². The Hall–Kier alpha value is -0.560. The average molecular weight is 174 g/mol. The van der Waals surface area contributed by atoms with Crippen LogP contribution in [0.4, 0.5) is 0 Å². The van der Waals surface area contributed by atoms with E-state index < -0.39 is 0 Å². The van der Waals surface area contributed by atoms with Crippen LogP contribution in [0.15, 0.2) is 28.9 Å². The molecule has 64 valence electrons. The van der Waals surface area contributed by atoms with Gasteiger partial charge >= 0.3 is 0 Å². The van der Waals surface area contributed by atoms with E-state index in [1.165, 1.54) is 0 Å². The van der Waals surface area contributed by atoms with Gasteiger partial charge in [-0.25, -0.2) is 4.99 Å². The Morgan fingerprint density at radius 2 is 1.55 bits per heavy atom. The second kappa shape index (κ2) is 7.55. The molecule has 0 aromatic heterocycles. The summed E-state index contributed by atoms with van der Waals surface area (Å²) >= 11 is 5.39. The van der Waals surface area contributed by atoms with Gasteiger partial charge in [-0.1, -0.05) is 38.6 Å². The quantitative estimate of drug-likeness (QED) is 0.446. The minimum Gasteiger partial charge on any atom is -0.242 e. The van der Waals surface area contributed by atoms with Crippen LogP contribution in [0, 0.1) is 0 Å². The van der Waals surface area contributed by atoms with Gasteiger partial charge in [0.1, 0.15) is 5.16 Å². The third-order valence-corrected chi connectivity index (χ3v) is 0.991. The fourth-order valence-electron chi connectivity index (χ4n) is 0.277. The van der Waals surface area contributed by atoms with Crippen LogP contribution in [0.3, 0.4) is 0 Å². The summed E-state index contributed by atoms with van der Waals surface area (Å²) in [7, 11) is 0. The predicted octanol–water partition coefficient (Wildman–Crippen LogP) is 3.76. The zero-order valence-electron chi connectivity index (χ0n) is 7.74. The highest BCUT2D eigenvalue weighted by Gasteiger charge is 1.89. The zero-order chi connectivity index (χ0) is 9.44. The van der Waals surface area contributed by atoms with Gasteiger partial charge < -0.3 is 0 Å². The number of halogens is 1. The highest BCUT2D eigenvalue weighted by molar-refractivity contribution is 6.29. The molecule has 0 aromatic rings. The minimum atomic E-state index is 0.301. The largest absolute Gasteiger partial charge is 0.242 e. The highest BCUT2D eigenvalue weighted by Crippen LogP contribution is 2.02. The fraction of sp³-hybridized carbons (Fsp3) is 0.444. The third kappa shape index (κ3) is 9.44. The first-order chi connectivity index (χ1) is 5.04. The minimum absolute atomic E-state index is 0.301. The standard InChI is InChI=1S/C7H10ClN.C2H6/c1-5(2)6(3)9-7(4)8;1-2/h1,4H2,2-3H3;1-2H3/b9-6-;. The lowest BCUT2D eigenvalue weighted by Crippen LogP contribution is -1.89. The maximum Gasteiger partial charge on any atom is 0.122 e. The van der Waals surface area contributed by atoms with Gasteiger partial charge in [-0.2, -0.15) is 0 Å². The normalized spacial score (nSPS) is 9.73. The molecule has 0 unspecified atom stereocenters. The first-order valence-corrected chi connectivity index (χ1v) is 3.97. The maximum atomic E-state index is 5.39. The Bertz CT molecular complexity index is 168. The van der Waals surface area contributed by atoms with Gasteiger partial charge in [0.15, 0.2) is 0 Å². The summed E-state index contributed by atoms with van der Waals surface area (Å²) in [5.74, 6) is 0. The van der Waals surface area contributed by atoms with Crippen LogP contribution in [0.1, 0.15) is 27.7 Å². The van der Waals surface area contributed by atoms with E-state index >= 15 is 0 Å². The molecular weight excluding hydrogens is 158 g/mol. The Morgan fingerprint density at radius 1 is 1.18 bits per heavy atom. The third-order valence-electron chi connectivity index (χ3n) is 0.907. The van der Waals surface area contributed by atoms with Gasteiger partial charge in [-0.15, -0.1) is 0 Å². The summed E-state index contributed by atoms with van der Waals surface area (Å²) in [4.78, 5) is 3.86. The molecule has 0 spiro atoms. The van der Waals surface area contributed by atoms with Crippen LogP contribution >= 0.6 is 11.6 Å². The number of nitrogens with zero attached hydrogens (tertiary/aromatic N) is 1. The van der Waals surface area contributed by atoms with E-state index in [-0.39, 0.29) is 0 Å². The van der Waals surface area contributed by atoms with Crippen molar-refractivity contribution in [3.8, 4) is 0 Å². The van der Waals surface area contributed by atoms with E-state index in [0.717, 1.165) is 11.3 Å². The Kier molecular flexibility index (Phi) is 8.96. The SMILES string of the molecule is C=C(Cl)/N=C(/C)C(=C)C.CC. The van der Waals surface area contributed by atoms with Crippen LogP contribution in [-0.4, -0.2) is 5.71 Å². The number of hydrogen-bond donors (Lipinski definition) is 0. The molecule has 0 aromatic carbocycles. The van der Waals surface area contributed by atoms with Crippen molar-refractivity contribution >= 4 is 17.3 Å². The van der Waals surface area contributed by atoms with E-state index in [9.17, 15) is 0 Å². The van der Waals surface area contributed by atoms with Crippen molar-refractivity contribution in [2.24, 2.45) is 4.99 Å². The molecule has 0 fully saturated rings. The molecule has 1 nitrogen and oxygen atoms in total. The summed E-state index contributed by atoms with van der Waals surface area (Å²) in [6.07, 6.45) is 0. The fourth-order valence-corrected chi connectivity index (χ4v) is 0.404. The first kappa shape index (κ1) is 13.1. The van der Waals surface area contributed by atoms with Crippen molar-refractivity contribution in [1.82, 2.24) is 0 Å². The molecule has 0 saturated heterocycles. The van der Waals surface area contributed by atoms with E-state index in [0.29, 0.717) is 5.16 Å². The van der Waals surface area contributed by atoms with Crippen molar-refractivity contribution in [2.45, 2.75) is 27.7 Å². The molecular formula is C9H16ClN. The topological polar surface area (TPSA) is 12.4 Å². The van der Waals surface area contributed by atoms with E-state index in [4.69, 9.17) is 11.6 Å². The summed E-state index contributed by atoms with van der Waals surface area (Å²) in [5.41, 5.74) is 1.74. The summed E-state index contributed by atoms with van der Waals surface area (Å²) in [6, 6.07) is 0. The molecule has 0 aliphatic carbocycles. The Labute approximate surface area is 74.5 Å². The lowest BCUT2D eigenvalue weighted by atomic mass is 10.2. The molecule has 0 aliphatic rings. The van der Waals surface area contributed by atoms with Crippen LogP contribution in [0.2, 0.25) is 0 Å². The number of hydrogen-bond acceptors (Lipinski definition) is 1. The molecule has 2 heteroatoms. The molecule has 0 radical (unpaired) electrons. The van der Waals surface area contributed by atoms with E-state index in [1.807, 2.05) is 27.7 Å². The lowest BCUT2D eigenvalue weighted by molar-refractivity contribution is 1.45. The van der Waals surface area contributed by atoms with Crippen molar-refractivity contribution in [3.63, 3.8) is 0 Å². The Balaban J connectivity index is 0. The molecule has 0 atom stereocenters. The molecule has 0 bridgehead atoms. The number of aliphatic imine (C=N–C) groups is 1. The average Bonchev–Trinajstić information content (AvgIpc) is 1.90. The van der Waals surface area contributed by atoms with E-state index in [1.54, 1.807) is 0 Å². The van der Waals surface area contributed by atoms with Crippen LogP contribution in [0.25, 0.3) is 0 Å². The van der Waals surface area contributed by atoms with Crippen molar-refractivity contribution in [2.75, 3.05) is 0 Å². The lowest BCUT2D eigenvalue weighted by Gasteiger charge is -1.94. The highest BCUT2D eigenvalue weighted by atomic mass is 35.5. The second-order valence-corrected chi connectivity index (χ2v) is 2.29.